The van der Waals surface area contributed by atoms with Crippen LogP contribution in [0.2, 0.25) is 0 Å². The van der Waals surface area contributed by atoms with E-state index in [4.69, 9.17) is 9.72 Å². The Kier molecular flexibility index (Phi) is 5.73. The number of aliphatic hydroxyl groups is 1. The van der Waals surface area contributed by atoms with Crippen LogP contribution in [-0.4, -0.2) is 37.5 Å². The number of nitrogens with zero attached hydrogens (tertiary/aromatic N) is 4. The molecule has 0 unspecified atom stereocenters. The molecule has 0 radical (unpaired) electrons. The van der Waals surface area contributed by atoms with E-state index in [0.717, 1.165) is 15.7 Å². The summed E-state index contributed by atoms with van der Waals surface area (Å²) in [6.45, 7) is 0.451. The van der Waals surface area contributed by atoms with Gasteiger partial charge in [-0.15, -0.1) is 0 Å². The standard InChI is InChI=1S/C23H24N4O4/c1-25-21-19(22(29)26(23(25)30)12-7-13-28)27(15-16-8-4-3-5-9-16)20(24-21)17-10-6-11-18(14-17)31-2/h3-6,8-11,14,28H,7,12-13,15H2,1-2H3. The van der Waals surface area contributed by atoms with Gasteiger partial charge in [0, 0.05) is 32.3 Å². The molecule has 0 aliphatic rings. The van der Waals surface area contributed by atoms with Gasteiger partial charge in [-0.2, -0.15) is 0 Å². The van der Waals surface area contributed by atoms with Crippen LogP contribution in [0.15, 0.2) is 64.2 Å². The smallest absolute Gasteiger partial charge is 0.332 e. The molecule has 8 heteroatoms. The quantitative estimate of drug-likeness (QED) is 0.494. The van der Waals surface area contributed by atoms with Crippen LogP contribution < -0.4 is 16.0 Å². The van der Waals surface area contributed by atoms with Gasteiger partial charge in [0.2, 0.25) is 0 Å². The van der Waals surface area contributed by atoms with Gasteiger partial charge in [-0.25, -0.2) is 9.78 Å². The maximum atomic E-state index is 13.4. The number of imidazole rings is 1. The third-order valence-corrected chi connectivity index (χ3v) is 5.28. The normalized spacial score (nSPS) is 11.2. The molecule has 0 saturated heterocycles. The van der Waals surface area contributed by atoms with Crippen molar-refractivity contribution in [3.8, 4) is 17.1 Å². The summed E-state index contributed by atoms with van der Waals surface area (Å²) in [6.07, 6.45) is 0.316. The molecule has 2 aromatic heterocycles. The first-order valence-corrected chi connectivity index (χ1v) is 10.0. The summed E-state index contributed by atoms with van der Waals surface area (Å²) < 4.78 is 9.75. The first kappa shape index (κ1) is 20.6. The van der Waals surface area contributed by atoms with Crippen molar-refractivity contribution < 1.29 is 9.84 Å². The highest BCUT2D eigenvalue weighted by molar-refractivity contribution is 5.77. The predicted molar refractivity (Wildman–Crippen MR) is 118 cm³/mol. The Morgan fingerprint density at radius 1 is 1.03 bits per heavy atom. The summed E-state index contributed by atoms with van der Waals surface area (Å²) in [6, 6.07) is 17.2. The molecule has 0 atom stereocenters. The van der Waals surface area contributed by atoms with Crippen LogP contribution in [0.5, 0.6) is 5.75 Å². The third-order valence-electron chi connectivity index (χ3n) is 5.28. The zero-order valence-electron chi connectivity index (χ0n) is 17.5. The number of aromatic nitrogens is 4. The van der Waals surface area contributed by atoms with Gasteiger partial charge < -0.3 is 14.4 Å². The van der Waals surface area contributed by atoms with Crippen molar-refractivity contribution in [1.29, 1.82) is 0 Å². The molecular formula is C23H24N4O4. The van der Waals surface area contributed by atoms with Crippen molar-refractivity contribution >= 4 is 11.2 Å². The molecule has 2 heterocycles. The summed E-state index contributed by atoms with van der Waals surface area (Å²) in [4.78, 5) is 30.9. The summed E-state index contributed by atoms with van der Waals surface area (Å²) in [5.41, 5.74) is 1.59. The highest BCUT2D eigenvalue weighted by Crippen LogP contribution is 2.26. The van der Waals surface area contributed by atoms with Crippen LogP contribution in [0.1, 0.15) is 12.0 Å². The maximum Gasteiger partial charge on any atom is 0.332 e. The highest BCUT2D eigenvalue weighted by Gasteiger charge is 2.21. The van der Waals surface area contributed by atoms with E-state index >= 15 is 0 Å². The number of hydrogen-bond donors (Lipinski definition) is 1. The Morgan fingerprint density at radius 3 is 2.52 bits per heavy atom. The minimum absolute atomic E-state index is 0.105. The van der Waals surface area contributed by atoms with Crippen molar-refractivity contribution in [2.24, 2.45) is 7.05 Å². The van der Waals surface area contributed by atoms with Gasteiger partial charge in [-0.05, 0) is 24.1 Å². The lowest BCUT2D eigenvalue weighted by Gasteiger charge is -2.11. The number of methoxy groups -OCH3 is 1. The monoisotopic (exact) mass is 420 g/mol. The highest BCUT2D eigenvalue weighted by atomic mass is 16.5. The zero-order valence-corrected chi connectivity index (χ0v) is 17.5. The lowest BCUT2D eigenvalue weighted by atomic mass is 10.2. The average Bonchev–Trinajstić information content (AvgIpc) is 3.18. The molecule has 4 aromatic rings. The summed E-state index contributed by atoms with van der Waals surface area (Å²) in [5, 5.41) is 9.19. The average molecular weight is 420 g/mol. The van der Waals surface area contributed by atoms with Crippen molar-refractivity contribution in [2.75, 3.05) is 13.7 Å². The number of ether oxygens (including phenoxy) is 1. The van der Waals surface area contributed by atoms with E-state index in [9.17, 15) is 14.7 Å². The SMILES string of the molecule is COc1cccc(-c2nc3c(c(=O)n(CCCO)c(=O)n3C)n2Cc2ccccc2)c1. The van der Waals surface area contributed by atoms with Crippen LogP contribution in [0.4, 0.5) is 0 Å². The van der Waals surface area contributed by atoms with Crippen LogP contribution in [-0.2, 0) is 20.1 Å². The molecule has 0 amide bonds. The molecule has 0 fully saturated rings. The second-order valence-electron chi connectivity index (χ2n) is 7.29. The maximum absolute atomic E-state index is 13.4. The number of benzene rings is 2. The van der Waals surface area contributed by atoms with E-state index in [2.05, 4.69) is 0 Å². The first-order valence-electron chi connectivity index (χ1n) is 10.0. The minimum atomic E-state index is -0.451. The summed E-state index contributed by atoms with van der Waals surface area (Å²) in [5.74, 6) is 1.25. The first-order chi connectivity index (χ1) is 15.0. The van der Waals surface area contributed by atoms with Crippen LogP contribution in [0, 0.1) is 0 Å². The van der Waals surface area contributed by atoms with Gasteiger partial charge in [0.25, 0.3) is 5.56 Å². The lowest BCUT2D eigenvalue weighted by Crippen LogP contribution is -2.39. The van der Waals surface area contributed by atoms with Gasteiger partial charge in [-0.3, -0.25) is 13.9 Å². The molecule has 8 nitrogen and oxygen atoms in total. The minimum Gasteiger partial charge on any atom is -0.497 e. The second kappa shape index (κ2) is 8.61. The molecule has 0 spiro atoms. The van der Waals surface area contributed by atoms with Gasteiger partial charge in [0.05, 0.1) is 7.11 Å². The largest absolute Gasteiger partial charge is 0.497 e. The molecule has 31 heavy (non-hydrogen) atoms. The topological polar surface area (TPSA) is 91.3 Å². The molecule has 2 aromatic carbocycles. The lowest BCUT2D eigenvalue weighted by molar-refractivity contribution is 0.277. The molecule has 0 saturated carbocycles. The fraction of sp³-hybridized carbons (Fsp3) is 0.261. The van der Waals surface area contributed by atoms with Crippen LogP contribution in [0.3, 0.4) is 0 Å². The van der Waals surface area contributed by atoms with E-state index in [1.54, 1.807) is 14.2 Å². The van der Waals surface area contributed by atoms with Gasteiger partial charge in [-0.1, -0.05) is 42.5 Å². The Balaban J connectivity index is 2.03. The summed E-state index contributed by atoms with van der Waals surface area (Å²) >= 11 is 0. The van der Waals surface area contributed by atoms with Gasteiger partial charge in [0.1, 0.15) is 11.6 Å². The van der Waals surface area contributed by atoms with Crippen molar-refractivity contribution in [1.82, 2.24) is 18.7 Å². The zero-order chi connectivity index (χ0) is 22.0. The number of aryl methyl sites for hydroxylation is 1. The molecule has 0 aliphatic heterocycles. The Labute approximate surface area is 178 Å². The van der Waals surface area contributed by atoms with E-state index < -0.39 is 11.2 Å². The third kappa shape index (κ3) is 3.77. The fourth-order valence-corrected chi connectivity index (χ4v) is 3.70. The molecule has 0 bridgehead atoms. The van der Waals surface area contributed by atoms with Gasteiger partial charge in [0.15, 0.2) is 11.2 Å². The Hall–Kier alpha value is -3.65. The van der Waals surface area contributed by atoms with E-state index in [1.165, 1.54) is 4.57 Å². The van der Waals surface area contributed by atoms with E-state index in [1.807, 2.05) is 59.2 Å². The summed E-state index contributed by atoms with van der Waals surface area (Å²) in [7, 11) is 3.20. The Morgan fingerprint density at radius 2 is 1.81 bits per heavy atom. The number of hydrogen-bond acceptors (Lipinski definition) is 5. The fourth-order valence-electron chi connectivity index (χ4n) is 3.70. The second-order valence-corrected chi connectivity index (χ2v) is 7.29. The van der Waals surface area contributed by atoms with Crippen LogP contribution >= 0.6 is 0 Å². The molecule has 4 rings (SSSR count). The molecule has 1 N–H and O–H groups in total. The Bertz CT molecular complexity index is 1340. The molecular weight excluding hydrogens is 396 g/mol. The number of aliphatic hydroxyl groups excluding tert-OH is 1. The van der Waals surface area contributed by atoms with E-state index in [-0.39, 0.29) is 13.2 Å². The van der Waals surface area contributed by atoms with Gasteiger partial charge >= 0.3 is 5.69 Å². The van der Waals surface area contributed by atoms with Crippen molar-refractivity contribution in [3.63, 3.8) is 0 Å². The van der Waals surface area contributed by atoms with E-state index in [0.29, 0.717) is 35.7 Å². The van der Waals surface area contributed by atoms with Crippen LogP contribution in [0.25, 0.3) is 22.6 Å². The van der Waals surface area contributed by atoms with Crippen molar-refractivity contribution in [2.45, 2.75) is 19.5 Å². The molecule has 0 aliphatic carbocycles. The van der Waals surface area contributed by atoms with Crippen molar-refractivity contribution in [3.05, 3.63) is 81.0 Å². The molecule has 160 valence electrons. The predicted octanol–water partition coefficient (Wildman–Crippen LogP) is 2.00. The number of fused-ring (bicyclic) bond motifs is 1. The number of rotatable bonds is 7.